The molecule has 0 aliphatic heterocycles. The molecule has 0 fully saturated rings. The van der Waals surface area contributed by atoms with Crippen molar-refractivity contribution in [1.29, 1.82) is 0 Å². The second-order valence-corrected chi connectivity index (χ2v) is 4.42. The number of aryl methyl sites for hydroxylation is 2. The Morgan fingerprint density at radius 2 is 2.00 bits per heavy atom. The largest absolute Gasteiger partial charge is 0.343 e. The Labute approximate surface area is 116 Å². The van der Waals surface area contributed by atoms with Gasteiger partial charge in [0.2, 0.25) is 5.91 Å². The predicted octanol–water partition coefficient (Wildman–Crippen LogP) is 1.10. The van der Waals surface area contributed by atoms with E-state index in [9.17, 15) is 9.59 Å². The van der Waals surface area contributed by atoms with Gasteiger partial charge in [-0.1, -0.05) is 18.2 Å². The summed E-state index contributed by atoms with van der Waals surface area (Å²) in [6.07, 6.45) is 1.72. The summed E-state index contributed by atoms with van der Waals surface area (Å²) in [5, 5.41) is 9.20. The first kappa shape index (κ1) is 13.8. The average molecular weight is 272 g/mol. The molecule has 0 aliphatic rings. The van der Waals surface area contributed by atoms with Gasteiger partial charge in [0.15, 0.2) is 5.82 Å². The van der Waals surface area contributed by atoms with E-state index in [4.69, 9.17) is 0 Å². The van der Waals surface area contributed by atoms with Crippen LogP contribution in [0.4, 0.5) is 5.82 Å². The molecule has 104 valence electrons. The van der Waals surface area contributed by atoms with Crippen LogP contribution in [0, 0.1) is 6.92 Å². The average Bonchev–Trinajstić information content (AvgIpc) is 2.82. The summed E-state index contributed by atoms with van der Waals surface area (Å²) >= 11 is 0. The predicted molar refractivity (Wildman–Crippen MR) is 75.3 cm³/mol. The molecule has 0 saturated heterocycles. The molecule has 0 saturated carbocycles. The molecule has 2 aromatic rings. The Morgan fingerprint density at radius 1 is 1.25 bits per heavy atom. The van der Waals surface area contributed by atoms with E-state index in [0.717, 1.165) is 5.56 Å². The van der Waals surface area contributed by atoms with Gasteiger partial charge in [-0.3, -0.25) is 14.3 Å². The van der Waals surface area contributed by atoms with Gasteiger partial charge >= 0.3 is 0 Å². The van der Waals surface area contributed by atoms with Gasteiger partial charge in [0, 0.05) is 24.9 Å². The third kappa shape index (κ3) is 3.44. The van der Waals surface area contributed by atoms with Crippen LogP contribution in [-0.4, -0.2) is 28.1 Å². The Hall–Kier alpha value is -2.63. The van der Waals surface area contributed by atoms with Crippen molar-refractivity contribution in [3.05, 3.63) is 47.7 Å². The normalized spacial score (nSPS) is 10.1. The van der Waals surface area contributed by atoms with Gasteiger partial charge in [-0.15, -0.1) is 0 Å². The highest BCUT2D eigenvalue weighted by molar-refractivity contribution is 5.99. The number of rotatable bonds is 4. The number of hydrogen-bond donors (Lipinski definition) is 2. The summed E-state index contributed by atoms with van der Waals surface area (Å²) in [4.78, 5) is 23.6. The summed E-state index contributed by atoms with van der Waals surface area (Å²) < 4.78 is 1.58. The first-order chi connectivity index (χ1) is 9.56. The van der Waals surface area contributed by atoms with E-state index >= 15 is 0 Å². The van der Waals surface area contributed by atoms with Gasteiger partial charge in [-0.25, -0.2) is 0 Å². The molecule has 0 bridgehead atoms. The number of benzene rings is 1. The van der Waals surface area contributed by atoms with Crippen molar-refractivity contribution in [2.75, 3.05) is 11.9 Å². The van der Waals surface area contributed by atoms with Gasteiger partial charge in [-0.2, -0.15) is 5.10 Å². The lowest BCUT2D eigenvalue weighted by Crippen LogP contribution is -2.33. The topological polar surface area (TPSA) is 76.0 Å². The molecule has 1 aromatic heterocycles. The Bertz CT molecular complexity index is 634. The Balaban J connectivity index is 1.87. The lowest BCUT2D eigenvalue weighted by Gasteiger charge is -2.07. The van der Waals surface area contributed by atoms with Crippen LogP contribution in [0.1, 0.15) is 15.9 Å². The van der Waals surface area contributed by atoms with E-state index in [1.54, 1.807) is 36.1 Å². The molecule has 1 heterocycles. The monoisotopic (exact) mass is 272 g/mol. The van der Waals surface area contributed by atoms with E-state index in [0.29, 0.717) is 11.4 Å². The van der Waals surface area contributed by atoms with Crippen LogP contribution in [-0.2, 0) is 11.8 Å². The number of amides is 2. The van der Waals surface area contributed by atoms with Crippen LogP contribution in [0.2, 0.25) is 0 Å². The van der Waals surface area contributed by atoms with Crippen molar-refractivity contribution in [3.8, 4) is 0 Å². The fourth-order valence-corrected chi connectivity index (χ4v) is 1.75. The number of nitrogens with zero attached hydrogens (tertiary/aromatic N) is 2. The van der Waals surface area contributed by atoms with Crippen molar-refractivity contribution in [3.63, 3.8) is 0 Å². The summed E-state index contributed by atoms with van der Waals surface area (Å²) in [6, 6.07) is 8.90. The maximum absolute atomic E-state index is 11.9. The molecule has 0 atom stereocenters. The van der Waals surface area contributed by atoms with Gasteiger partial charge < -0.3 is 10.6 Å². The van der Waals surface area contributed by atoms with Crippen molar-refractivity contribution >= 4 is 17.6 Å². The zero-order valence-electron chi connectivity index (χ0n) is 11.4. The van der Waals surface area contributed by atoms with E-state index in [1.807, 2.05) is 19.1 Å². The van der Waals surface area contributed by atoms with Crippen LogP contribution >= 0.6 is 0 Å². The maximum Gasteiger partial charge on any atom is 0.251 e. The molecule has 2 rings (SSSR count). The highest BCUT2D eigenvalue weighted by Gasteiger charge is 2.10. The van der Waals surface area contributed by atoms with Crippen molar-refractivity contribution in [1.82, 2.24) is 15.1 Å². The van der Waals surface area contributed by atoms with Crippen LogP contribution in [0.3, 0.4) is 0 Å². The summed E-state index contributed by atoms with van der Waals surface area (Å²) in [6.45, 7) is 1.76. The van der Waals surface area contributed by atoms with Gasteiger partial charge in [0.05, 0.1) is 6.54 Å². The minimum Gasteiger partial charge on any atom is -0.343 e. The molecule has 0 unspecified atom stereocenters. The number of carbonyl (C=O) groups is 2. The van der Waals surface area contributed by atoms with E-state index in [1.165, 1.54) is 0 Å². The zero-order valence-corrected chi connectivity index (χ0v) is 11.4. The molecule has 0 aliphatic carbocycles. The standard InChI is InChI=1S/C14H16N4O2/c1-10-5-3-4-6-11(10)14(20)15-9-13(19)16-12-7-8-18(2)17-12/h3-8H,9H2,1-2H3,(H,15,20)(H,16,17,19). The number of carbonyl (C=O) groups excluding carboxylic acids is 2. The van der Waals surface area contributed by atoms with Gasteiger partial charge in [0.25, 0.3) is 5.91 Å². The van der Waals surface area contributed by atoms with E-state index in [2.05, 4.69) is 15.7 Å². The first-order valence-electron chi connectivity index (χ1n) is 6.19. The van der Waals surface area contributed by atoms with E-state index < -0.39 is 0 Å². The fraction of sp³-hybridized carbons (Fsp3) is 0.214. The molecule has 2 amide bonds. The minimum atomic E-state index is -0.314. The summed E-state index contributed by atoms with van der Waals surface area (Å²) in [7, 11) is 1.76. The first-order valence-corrected chi connectivity index (χ1v) is 6.19. The molecular formula is C14H16N4O2. The number of hydrogen-bond acceptors (Lipinski definition) is 3. The van der Waals surface area contributed by atoms with Crippen LogP contribution in [0.5, 0.6) is 0 Å². The third-order valence-corrected chi connectivity index (χ3v) is 2.78. The van der Waals surface area contributed by atoms with Gasteiger partial charge in [0.1, 0.15) is 0 Å². The molecule has 0 radical (unpaired) electrons. The molecule has 6 heteroatoms. The second kappa shape index (κ2) is 6.01. The molecule has 6 nitrogen and oxygen atoms in total. The molecule has 20 heavy (non-hydrogen) atoms. The fourth-order valence-electron chi connectivity index (χ4n) is 1.75. The van der Waals surface area contributed by atoms with Crippen molar-refractivity contribution in [2.24, 2.45) is 7.05 Å². The zero-order chi connectivity index (χ0) is 14.5. The van der Waals surface area contributed by atoms with Crippen LogP contribution < -0.4 is 10.6 Å². The lowest BCUT2D eigenvalue weighted by atomic mass is 10.1. The SMILES string of the molecule is Cc1ccccc1C(=O)NCC(=O)Nc1ccn(C)n1. The van der Waals surface area contributed by atoms with Crippen LogP contribution in [0.15, 0.2) is 36.5 Å². The summed E-state index contributed by atoms with van der Waals surface area (Å²) in [5.41, 5.74) is 1.44. The van der Waals surface area contributed by atoms with Crippen molar-refractivity contribution < 1.29 is 9.59 Å². The number of aromatic nitrogens is 2. The third-order valence-electron chi connectivity index (χ3n) is 2.78. The van der Waals surface area contributed by atoms with Crippen molar-refractivity contribution in [2.45, 2.75) is 6.92 Å². The Kier molecular flexibility index (Phi) is 4.14. The maximum atomic E-state index is 11.9. The van der Waals surface area contributed by atoms with Gasteiger partial charge in [-0.05, 0) is 18.6 Å². The highest BCUT2D eigenvalue weighted by Crippen LogP contribution is 2.06. The minimum absolute atomic E-state index is 0.0935. The molecule has 0 spiro atoms. The molecular weight excluding hydrogens is 256 g/mol. The number of anilines is 1. The number of nitrogens with one attached hydrogen (secondary N) is 2. The quantitative estimate of drug-likeness (QED) is 0.875. The Morgan fingerprint density at radius 3 is 2.65 bits per heavy atom. The van der Waals surface area contributed by atoms with E-state index in [-0.39, 0.29) is 18.4 Å². The molecule has 1 aromatic carbocycles. The molecule has 2 N–H and O–H groups in total. The second-order valence-electron chi connectivity index (χ2n) is 4.42. The lowest BCUT2D eigenvalue weighted by molar-refractivity contribution is -0.115. The van der Waals surface area contributed by atoms with Crippen LogP contribution in [0.25, 0.3) is 0 Å². The highest BCUT2D eigenvalue weighted by atomic mass is 16.2. The smallest absolute Gasteiger partial charge is 0.251 e. The summed E-state index contributed by atoms with van der Waals surface area (Å²) in [5.74, 6) is -0.118.